The summed E-state index contributed by atoms with van der Waals surface area (Å²) in [5.74, 6) is -0.491. The van der Waals surface area contributed by atoms with Gasteiger partial charge in [-0.05, 0) is 42.0 Å². The lowest BCUT2D eigenvalue weighted by molar-refractivity contribution is 0.122. The standard InChI is InChI=1S/C19H19Cl2NO4S/c1-13(23)19-3-2-17(22-4-6-26-7-5-22)8-14(19)12-27(24,25)18-10-15(20)9-16(21)11-18/h2-3,8-11,23H,1,4-7,12H2. The lowest BCUT2D eigenvalue weighted by Crippen LogP contribution is -2.36. The first-order valence-electron chi connectivity index (χ1n) is 8.29. The van der Waals surface area contributed by atoms with Gasteiger partial charge in [0.15, 0.2) is 9.84 Å². The molecule has 1 heterocycles. The van der Waals surface area contributed by atoms with Crippen molar-refractivity contribution in [3.8, 4) is 0 Å². The molecule has 27 heavy (non-hydrogen) atoms. The molecule has 0 spiro atoms. The Morgan fingerprint density at radius 2 is 1.74 bits per heavy atom. The molecule has 0 amide bonds. The number of hydrogen-bond donors (Lipinski definition) is 1. The monoisotopic (exact) mass is 427 g/mol. The van der Waals surface area contributed by atoms with Crippen LogP contribution in [-0.2, 0) is 20.3 Å². The number of aliphatic hydroxyl groups is 1. The number of sulfone groups is 1. The van der Waals surface area contributed by atoms with Crippen LogP contribution in [0, 0.1) is 0 Å². The molecule has 3 rings (SSSR count). The van der Waals surface area contributed by atoms with Crippen LogP contribution in [0.2, 0.25) is 10.0 Å². The van der Waals surface area contributed by atoms with Crippen molar-refractivity contribution in [2.75, 3.05) is 31.2 Å². The van der Waals surface area contributed by atoms with Crippen LogP contribution in [0.5, 0.6) is 0 Å². The molecule has 0 aliphatic carbocycles. The lowest BCUT2D eigenvalue weighted by Gasteiger charge is -2.29. The minimum Gasteiger partial charge on any atom is -0.508 e. The molecule has 8 heteroatoms. The number of ether oxygens (including phenoxy) is 1. The quantitative estimate of drug-likeness (QED) is 0.718. The summed E-state index contributed by atoms with van der Waals surface area (Å²) in [6.07, 6.45) is 0. The summed E-state index contributed by atoms with van der Waals surface area (Å²) in [6, 6.07) is 9.50. The normalized spacial score (nSPS) is 15.0. The van der Waals surface area contributed by atoms with Crippen molar-refractivity contribution in [2.24, 2.45) is 0 Å². The van der Waals surface area contributed by atoms with Gasteiger partial charge in [0.05, 0.1) is 23.9 Å². The number of anilines is 1. The van der Waals surface area contributed by atoms with Crippen molar-refractivity contribution in [1.82, 2.24) is 0 Å². The largest absolute Gasteiger partial charge is 0.508 e. The van der Waals surface area contributed by atoms with Gasteiger partial charge in [0.1, 0.15) is 5.76 Å². The molecule has 144 valence electrons. The predicted molar refractivity (Wildman–Crippen MR) is 108 cm³/mol. The average molecular weight is 428 g/mol. The van der Waals surface area contributed by atoms with Gasteiger partial charge in [-0.3, -0.25) is 0 Å². The van der Waals surface area contributed by atoms with Crippen LogP contribution in [0.1, 0.15) is 11.1 Å². The van der Waals surface area contributed by atoms with Gasteiger partial charge in [0, 0.05) is 34.4 Å². The number of hydrogen-bond acceptors (Lipinski definition) is 5. The summed E-state index contributed by atoms with van der Waals surface area (Å²) in [4.78, 5) is 2.14. The fourth-order valence-electron chi connectivity index (χ4n) is 3.00. The summed E-state index contributed by atoms with van der Waals surface area (Å²) >= 11 is 11.9. The first-order chi connectivity index (χ1) is 12.8. The molecule has 1 saturated heterocycles. The highest BCUT2D eigenvalue weighted by Gasteiger charge is 2.21. The van der Waals surface area contributed by atoms with Crippen molar-refractivity contribution in [1.29, 1.82) is 0 Å². The minimum atomic E-state index is -3.73. The van der Waals surface area contributed by atoms with Crippen LogP contribution in [0.25, 0.3) is 5.76 Å². The predicted octanol–water partition coefficient (Wildman–Crippen LogP) is 4.33. The molecule has 1 aliphatic rings. The van der Waals surface area contributed by atoms with Crippen LogP contribution in [-0.4, -0.2) is 39.8 Å². The van der Waals surface area contributed by atoms with Crippen LogP contribution < -0.4 is 4.90 Å². The van der Waals surface area contributed by atoms with Crippen LogP contribution in [0.3, 0.4) is 0 Å². The second kappa shape index (κ2) is 8.10. The van der Waals surface area contributed by atoms with E-state index in [1.54, 1.807) is 12.1 Å². The van der Waals surface area contributed by atoms with Gasteiger partial charge >= 0.3 is 0 Å². The Balaban J connectivity index is 1.99. The first kappa shape index (κ1) is 20.0. The lowest BCUT2D eigenvalue weighted by atomic mass is 10.1. The third-order valence-electron chi connectivity index (χ3n) is 4.32. The van der Waals surface area contributed by atoms with Gasteiger partial charge in [0.25, 0.3) is 0 Å². The van der Waals surface area contributed by atoms with E-state index in [4.69, 9.17) is 27.9 Å². The number of halogens is 2. The fraction of sp³-hybridized carbons (Fsp3) is 0.263. The maximum Gasteiger partial charge on any atom is 0.182 e. The van der Waals surface area contributed by atoms with Gasteiger partial charge < -0.3 is 14.7 Å². The van der Waals surface area contributed by atoms with E-state index in [0.717, 1.165) is 18.8 Å². The smallest absolute Gasteiger partial charge is 0.182 e. The maximum absolute atomic E-state index is 12.9. The molecule has 5 nitrogen and oxygen atoms in total. The summed E-state index contributed by atoms with van der Waals surface area (Å²) in [5.41, 5.74) is 1.73. The van der Waals surface area contributed by atoms with Crippen molar-refractivity contribution in [3.63, 3.8) is 0 Å². The van der Waals surface area contributed by atoms with E-state index in [-0.39, 0.29) is 26.5 Å². The molecule has 1 N–H and O–H groups in total. The Labute approximate surface area is 168 Å². The Morgan fingerprint density at radius 1 is 1.11 bits per heavy atom. The molecular formula is C19H19Cl2NO4S. The molecule has 1 fully saturated rings. The third kappa shape index (κ3) is 4.76. The molecule has 0 bridgehead atoms. The summed E-state index contributed by atoms with van der Waals surface area (Å²) in [6.45, 7) is 6.21. The summed E-state index contributed by atoms with van der Waals surface area (Å²) in [7, 11) is -3.73. The van der Waals surface area contributed by atoms with E-state index in [2.05, 4.69) is 11.5 Å². The molecule has 0 saturated carbocycles. The van der Waals surface area contributed by atoms with Crippen molar-refractivity contribution in [3.05, 3.63) is 64.1 Å². The number of morpholine rings is 1. The molecule has 0 radical (unpaired) electrons. The average Bonchev–Trinajstić information content (AvgIpc) is 2.61. The van der Waals surface area contributed by atoms with Crippen molar-refractivity contribution < 1.29 is 18.3 Å². The van der Waals surface area contributed by atoms with Gasteiger partial charge in [-0.2, -0.15) is 0 Å². The molecule has 0 unspecified atom stereocenters. The number of aliphatic hydroxyl groups excluding tert-OH is 1. The number of rotatable bonds is 5. The zero-order valence-corrected chi connectivity index (χ0v) is 16.8. The highest BCUT2D eigenvalue weighted by Crippen LogP contribution is 2.29. The SMILES string of the molecule is C=C(O)c1ccc(N2CCOCC2)cc1CS(=O)(=O)c1cc(Cl)cc(Cl)c1. The third-order valence-corrected chi connectivity index (χ3v) is 6.40. The molecule has 1 aliphatic heterocycles. The second-order valence-electron chi connectivity index (χ2n) is 6.25. The Morgan fingerprint density at radius 3 is 2.33 bits per heavy atom. The van der Waals surface area contributed by atoms with E-state index >= 15 is 0 Å². The van der Waals surface area contributed by atoms with Gasteiger partial charge in [0.2, 0.25) is 0 Å². The summed E-state index contributed by atoms with van der Waals surface area (Å²) < 4.78 is 31.2. The first-order valence-corrected chi connectivity index (χ1v) is 10.7. The van der Waals surface area contributed by atoms with Crippen LogP contribution in [0.4, 0.5) is 5.69 Å². The highest BCUT2D eigenvalue weighted by atomic mass is 35.5. The van der Waals surface area contributed by atoms with Crippen LogP contribution >= 0.6 is 23.2 Å². The fourth-order valence-corrected chi connectivity index (χ4v) is 5.08. The van der Waals surface area contributed by atoms with Gasteiger partial charge in [-0.25, -0.2) is 8.42 Å². The second-order valence-corrected chi connectivity index (χ2v) is 9.11. The zero-order chi connectivity index (χ0) is 19.6. The maximum atomic E-state index is 12.9. The van der Waals surface area contributed by atoms with Crippen molar-refractivity contribution >= 4 is 44.5 Å². The molecule has 2 aromatic rings. The van der Waals surface area contributed by atoms with Gasteiger partial charge in [-0.1, -0.05) is 29.8 Å². The van der Waals surface area contributed by atoms with Gasteiger partial charge in [-0.15, -0.1) is 0 Å². The van der Waals surface area contributed by atoms with E-state index in [0.29, 0.717) is 24.3 Å². The van der Waals surface area contributed by atoms with E-state index in [9.17, 15) is 13.5 Å². The zero-order valence-electron chi connectivity index (χ0n) is 14.5. The van der Waals surface area contributed by atoms with Crippen molar-refractivity contribution in [2.45, 2.75) is 10.6 Å². The Kier molecular flexibility index (Phi) is 6.01. The minimum absolute atomic E-state index is 0.0336. The summed E-state index contributed by atoms with van der Waals surface area (Å²) in [5, 5.41) is 10.4. The van der Waals surface area contributed by atoms with E-state index in [1.165, 1.54) is 18.2 Å². The number of nitrogens with zero attached hydrogens (tertiary/aromatic N) is 1. The molecule has 2 aromatic carbocycles. The molecular weight excluding hydrogens is 409 g/mol. The highest BCUT2D eigenvalue weighted by molar-refractivity contribution is 7.90. The molecule has 0 atom stereocenters. The Bertz CT molecular complexity index is 949. The number of benzene rings is 2. The Hall–Kier alpha value is -1.73. The van der Waals surface area contributed by atoms with Crippen LogP contribution in [0.15, 0.2) is 47.9 Å². The van der Waals surface area contributed by atoms with E-state index in [1.807, 2.05) is 6.07 Å². The molecule has 0 aromatic heterocycles. The van der Waals surface area contributed by atoms with E-state index < -0.39 is 9.84 Å². The topological polar surface area (TPSA) is 66.8 Å².